The second-order valence-electron chi connectivity index (χ2n) is 9.04. The van der Waals surface area contributed by atoms with Crippen molar-refractivity contribution in [1.29, 1.82) is 0 Å². The van der Waals surface area contributed by atoms with E-state index in [1.807, 2.05) is 52.0 Å². The van der Waals surface area contributed by atoms with E-state index in [0.717, 1.165) is 29.0 Å². The summed E-state index contributed by atoms with van der Waals surface area (Å²) in [5, 5.41) is 7.13. The minimum absolute atomic E-state index is 0.152. The molecule has 172 valence electrons. The molecular weight excluding hydrogens is 419 g/mol. The number of carbonyl (C=O) groups excluding carboxylic acids is 1. The maximum absolute atomic E-state index is 12.9. The van der Waals surface area contributed by atoms with Gasteiger partial charge in [-0.05, 0) is 51.0 Å². The Morgan fingerprint density at radius 2 is 1.78 bits per heavy atom. The van der Waals surface area contributed by atoms with Crippen LogP contribution < -0.4 is 5.32 Å². The van der Waals surface area contributed by atoms with Gasteiger partial charge >= 0.3 is 12.2 Å². The van der Waals surface area contributed by atoms with Crippen molar-refractivity contribution in [1.82, 2.24) is 10.2 Å². The van der Waals surface area contributed by atoms with Crippen molar-refractivity contribution in [3.05, 3.63) is 70.8 Å². The van der Waals surface area contributed by atoms with Crippen molar-refractivity contribution in [2.24, 2.45) is 5.16 Å². The summed E-state index contributed by atoms with van der Waals surface area (Å²) in [5.74, 6) is 0. The number of oxime groups is 1. The van der Waals surface area contributed by atoms with Gasteiger partial charge in [0.15, 0.2) is 6.10 Å². The van der Waals surface area contributed by atoms with E-state index in [4.69, 9.17) is 4.84 Å². The number of rotatable bonds is 5. The van der Waals surface area contributed by atoms with Crippen LogP contribution in [0.2, 0.25) is 0 Å². The number of amides is 2. The van der Waals surface area contributed by atoms with Crippen molar-refractivity contribution in [3.63, 3.8) is 0 Å². The summed E-state index contributed by atoms with van der Waals surface area (Å²) < 4.78 is 38.6. The Bertz CT molecular complexity index is 979. The van der Waals surface area contributed by atoms with E-state index < -0.39 is 17.3 Å². The van der Waals surface area contributed by atoms with E-state index >= 15 is 0 Å². The third-order valence-corrected chi connectivity index (χ3v) is 5.04. The molecule has 3 rings (SSSR count). The highest BCUT2D eigenvalue weighted by molar-refractivity contribution is 6.02. The molecule has 32 heavy (non-hydrogen) atoms. The van der Waals surface area contributed by atoms with Crippen molar-refractivity contribution < 1.29 is 22.8 Å². The quantitative estimate of drug-likeness (QED) is 0.657. The zero-order valence-electron chi connectivity index (χ0n) is 18.7. The fourth-order valence-corrected chi connectivity index (χ4v) is 3.47. The number of halogens is 3. The Labute approximate surface area is 186 Å². The molecule has 5 nitrogen and oxygen atoms in total. The number of hydrogen-bond acceptors (Lipinski definition) is 3. The molecule has 0 aromatic heterocycles. The lowest BCUT2D eigenvalue weighted by Gasteiger charge is -2.29. The fourth-order valence-electron chi connectivity index (χ4n) is 3.47. The number of aryl methyl sites for hydroxylation is 1. The number of hydrogen-bond donors (Lipinski definition) is 1. The van der Waals surface area contributed by atoms with Crippen LogP contribution in [0.25, 0.3) is 0 Å². The summed E-state index contributed by atoms with van der Waals surface area (Å²) in [4.78, 5) is 20.1. The molecule has 0 saturated carbocycles. The second kappa shape index (κ2) is 9.22. The Balaban J connectivity index is 1.72. The molecule has 1 atom stereocenters. The van der Waals surface area contributed by atoms with Gasteiger partial charge in [-0.25, -0.2) is 4.79 Å². The lowest BCUT2D eigenvalue weighted by atomic mass is 10.00. The molecule has 0 bridgehead atoms. The van der Waals surface area contributed by atoms with Crippen molar-refractivity contribution >= 4 is 11.7 Å². The van der Waals surface area contributed by atoms with Gasteiger partial charge in [0.05, 0.1) is 17.8 Å². The molecule has 1 aliphatic rings. The van der Waals surface area contributed by atoms with Crippen molar-refractivity contribution in [2.75, 3.05) is 6.54 Å². The third kappa shape index (κ3) is 6.24. The first kappa shape index (κ1) is 23.6. The molecule has 0 spiro atoms. The first-order valence-electron chi connectivity index (χ1n) is 10.4. The van der Waals surface area contributed by atoms with E-state index in [2.05, 4.69) is 10.5 Å². The molecule has 1 heterocycles. The first-order chi connectivity index (χ1) is 14.9. The van der Waals surface area contributed by atoms with Crippen LogP contribution in [-0.2, 0) is 17.6 Å². The number of alkyl halides is 3. The lowest BCUT2D eigenvalue weighted by molar-refractivity contribution is -0.137. The van der Waals surface area contributed by atoms with E-state index in [-0.39, 0.29) is 25.2 Å². The molecule has 8 heteroatoms. The van der Waals surface area contributed by atoms with Gasteiger partial charge in [-0.15, -0.1) is 0 Å². The Hall–Kier alpha value is -3.03. The highest BCUT2D eigenvalue weighted by atomic mass is 19.4. The molecular formula is C24H28F3N3O2. The van der Waals surface area contributed by atoms with Crippen LogP contribution in [-0.4, -0.2) is 34.8 Å². The molecule has 0 aliphatic carbocycles. The molecule has 0 fully saturated rings. The summed E-state index contributed by atoms with van der Waals surface area (Å²) in [6.07, 6.45) is -4.20. The number of nitrogens with one attached hydrogen (secondary N) is 1. The summed E-state index contributed by atoms with van der Waals surface area (Å²) in [6, 6.07) is 12.4. The summed E-state index contributed by atoms with van der Waals surface area (Å²) in [6.45, 7) is 8.01. The van der Waals surface area contributed by atoms with Crippen LogP contribution in [0.1, 0.15) is 49.4 Å². The molecule has 2 amide bonds. The maximum Gasteiger partial charge on any atom is 0.416 e. The zero-order chi connectivity index (χ0) is 23.5. The van der Waals surface area contributed by atoms with Crippen LogP contribution in [0.4, 0.5) is 18.0 Å². The molecule has 1 aliphatic heterocycles. The zero-order valence-corrected chi connectivity index (χ0v) is 18.7. The predicted octanol–water partition coefficient (Wildman–Crippen LogP) is 5.52. The van der Waals surface area contributed by atoms with Gasteiger partial charge in [0.25, 0.3) is 0 Å². The molecule has 2 aromatic carbocycles. The van der Waals surface area contributed by atoms with E-state index in [9.17, 15) is 18.0 Å². The van der Waals surface area contributed by atoms with Crippen LogP contribution >= 0.6 is 0 Å². The SMILES string of the molecule is Cc1ccccc1C1=NO[C@H](CN(Cc2ccc(C(F)(F)F)cc2)C(=O)NC(C)(C)C)C1. The Morgan fingerprint density at radius 3 is 2.38 bits per heavy atom. The monoisotopic (exact) mass is 447 g/mol. The van der Waals surface area contributed by atoms with E-state index in [0.29, 0.717) is 12.0 Å². The Kier molecular flexibility index (Phi) is 6.81. The van der Waals surface area contributed by atoms with Gasteiger partial charge < -0.3 is 15.1 Å². The first-order valence-corrected chi connectivity index (χ1v) is 10.4. The summed E-state index contributed by atoms with van der Waals surface area (Å²) >= 11 is 0. The smallest absolute Gasteiger partial charge is 0.390 e. The molecule has 1 N–H and O–H groups in total. The molecule has 0 saturated heterocycles. The van der Waals surface area contributed by atoms with Crippen LogP contribution in [0, 0.1) is 6.92 Å². The van der Waals surface area contributed by atoms with Gasteiger partial charge in [-0.1, -0.05) is 41.6 Å². The highest BCUT2D eigenvalue weighted by Gasteiger charge is 2.31. The minimum Gasteiger partial charge on any atom is -0.390 e. The van der Waals surface area contributed by atoms with Gasteiger partial charge in [0.1, 0.15) is 0 Å². The van der Waals surface area contributed by atoms with Crippen molar-refractivity contribution in [3.8, 4) is 0 Å². The minimum atomic E-state index is -4.40. The van der Waals surface area contributed by atoms with E-state index in [1.54, 1.807) is 4.90 Å². The largest absolute Gasteiger partial charge is 0.416 e. The predicted molar refractivity (Wildman–Crippen MR) is 117 cm³/mol. The summed E-state index contributed by atoms with van der Waals surface area (Å²) in [7, 11) is 0. The average Bonchev–Trinajstić information content (AvgIpc) is 3.14. The number of urea groups is 1. The Morgan fingerprint density at radius 1 is 1.12 bits per heavy atom. The van der Waals surface area contributed by atoms with Crippen LogP contribution in [0.5, 0.6) is 0 Å². The number of nitrogens with zero attached hydrogens (tertiary/aromatic N) is 2. The van der Waals surface area contributed by atoms with E-state index in [1.165, 1.54) is 12.1 Å². The van der Waals surface area contributed by atoms with Gasteiger partial charge in [0, 0.05) is 24.1 Å². The standard InChI is InChI=1S/C24H28F3N3O2/c1-16-7-5-6-8-20(16)21-13-19(32-29-21)15-30(22(31)28-23(2,3)4)14-17-9-11-18(12-10-17)24(25,26)27/h5-12,19H,13-15H2,1-4H3,(H,28,31)/t19-/m0/s1. The molecule has 0 radical (unpaired) electrons. The maximum atomic E-state index is 12.9. The summed E-state index contributed by atoms with van der Waals surface area (Å²) in [5.41, 5.74) is 2.32. The van der Waals surface area contributed by atoms with Gasteiger partial charge in [-0.3, -0.25) is 0 Å². The fraction of sp³-hybridized carbons (Fsp3) is 0.417. The normalized spacial score (nSPS) is 16.3. The number of benzene rings is 2. The third-order valence-electron chi connectivity index (χ3n) is 5.04. The lowest BCUT2D eigenvalue weighted by Crippen LogP contribution is -2.50. The number of carbonyl (C=O) groups is 1. The average molecular weight is 448 g/mol. The molecule has 2 aromatic rings. The van der Waals surface area contributed by atoms with Gasteiger partial charge in [-0.2, -0.15) is 13.2 Å². The second-order valence-corrected chi connectivity index (χ2v) is 9.04. The van der Waals surface area contributed by atoms with Gasteiger partial charge in [0.2, 0.25) is 0 Å². The molecule has 0 unspecified atom stereocenters. The van der Waals surface area contributed by atoms with Crippen molar-refractivity contribution in [2.45, 2.75) is 58.5 Å². The van der Waals surface area contributed by atoms with Crippen LogP contribution in [0.15, 0.2) is 53.7 Å². The topological polar surface area (TPSA) is 53.9 Å². The van der Waals surface area contributed by atoms with Crippen LogP contribution in [0.3, 0.4) is 0 Å². The highest BCUT2D eigenvalue weighted by Crippen LogP contribution is 2.29.